The first-order valence-electron chi connectivity index (χ1n) is 9.16. The summed E-state index contributed by atoms with van der Waals surface area (Å²) in [4.78, 5) is 26.8. The summed E-state index contributed by atoms with van der Waals surface area (Å²) in [6.45, 7) is 4.34. The molecule has 2 aliphatic heterocycles. The van der Waals surface area contributed by atoms with Crippen molar-refractivity contribution in [1.29, 1.82) is 0 Å². The SMILES string of the molecule is CC(C)(C)c1ccc2c(c1)[C@@]1(Nc3ccccc3C(=O)N1CC(F)(F)F)C(=O)N2. The van der Waals surface area contributed by atoms with Crippen LogP contribution in [0.3, 0.4) is 0 Å². The Morgan fingerprint density at radius 1 is 1.00 bits per heavy atom. The minimum Gasteiger partial charge on any atom is -0.350 e. The minimum atomic E-state index is -4.68. The molecule has 0 radical (unpaired) electrons. The van der Waals surface area contributed by atoms with E-state index >= 15 is 0 Å². The molecule has 4 rings (SSSR count). The average molecular weight is 403 g/mol. The fraction of sp³-hybridized carbons (Fsp3) is 0.333. The first-order valence-corrected chi connectivity index (χ1v) is 9.16. The molecule has 2 heterocycles. The Labute approximate surface area is 165 Å². The van der Waals surface area contributed by atoms with Gasteiger partial charge in [-0.25, -0.2) is 0 Å². The van der Waals surface area contributed by atoms with Crippen molar-refractivity contribution in [3.63, 3.8) is 0 Å². The average Bonchev–Trinajstić information content (AvgIpc) is 2.89. The second kappa shape index (κ2) is 5.98. The maximum atomic E-state index is 13.4. The fourth-order valence-corrected chi connectivity index (χ4v) is 3.85. The number of nitrogens with one attached hydrogen (secondary N) is 2. The van der Waals surface area contributed by atoms with Crippen molar-refractivity contribution >= 4 is 23.2 Å². The van der Waals surface area contributed by atoms with Crippen molar-refractivity contribution < 1.29 is 22.8 Å². The summed E-state index contributed by atoms with van der Waals surface area (Å²) in [5.41, 5.74) is -0.329. The third-order valence-electron chi connectivity index (χ3n) is 5.31. The van der Waals surface area contributed by atoms with E-state index in [-0.39, 0.29) is 11.0 Å². The van der Waals surface area contributed by atoms with E-state index in [0.717, 1.165) is 5.56 Å². The molecule has 0 saturated carbocycles. The van der Waals surface area contributed by atoms with Crippen LogP contribution in [-0.4, -0.2) is 29.4 Å². The molecule has 8 heteroatoms. The van der Waals surface area contributed by atoms with Gasteiger partial charge in [-0.3, -0.25) is 14.5 Å². The summed E-state index contributed by atoms with van der Waals surface area (Å²) < 4.78 is 40.3. The van der Waals surface area contributed by atoms with Gasteiger partial charge in [-0.15, -0.1) is 0 Å². The van der Waals surface area contributed by atoms with Gasteiger partial charge in [0, 0.05) is 16.9 Å². The lowest BCUT2D eigenvalue weighted by atomic mass is 9.83. The molecule has 0 bridgehead atoms. The smallest absolute Gasteiger partial charge is 0.350 e. The number of fused-ring (bicyclic) bond motifs is 3. The molecular formula is C21H20F3N3O2. The molecular weight excluding hydrogens is 383 g/mol. The number of alkyl halides is 3. The predicted molar refractivity (Wildman–Crippen MR) is 103 cm³/mol. The summed E-state index contributed by atoms with van der Waals surface area (Å²) in [6, 6.07) is 11.4. The van der Waals surface area contributed by atoms with Gasteiger partial charge < -0.3 is 10.6 Å². The Morgan fingerprint density at radius 2 is 1.69 bits per heavy atom. The molecule has 0 aromatic heterocycles. The van der Waals surface area contributed by atoms with E-state index in [4.69, 9.17) is 0 Å². The van der Waals surface area contributed by atoms with Crippen molar-refractivity contribution in [3.05, 3.63) is 59.2 Å². The zero-order valence-electron chi connectivity index (χ0n) is 16.1. The third kappa shape index (κ3) is 2.94. The van der Waals surface area contributed by atoms with E-state index in [2.05, 4.69) is 10.6 Å². The monoisotopic (exact) mass is 403 g/mol. The summed E-state index contributed by atoms with van der Waals surface area (Å²) in [7, 11) is 0. The van der Waals surface area contributed by atoms with Crippen LogP contribution in [-0.2, 0) is 15.9 Å². The number of amides is 2. The molecule has 5 nitrogen and oxygen atoms in total. The Kier molecular flexibility index (Phi) is 3.98. The van der Waals surface area contributed by atoms with E-state index in [0.29, 0.717) is 21.8 Å². The zero-order chi connectivity index (χ0) is 21.2. The second-order valence-electron chi connectivity index (χ2n) is 8.35. The quantitative estimate of drug-likeness (QED) is 0.750. The summed E-state index contributed by atoms with van der Waals surface area (Å²) in [5, 5.41) is 5.59. The Morgan fingerprint density at radius 3 is 2.34 bits per heavy atom. The van der Waals surface area contributed by atoms with Crippen molar-refractivity contribution in [2.24, 2.45) is 0 Å². The molecule has 1 spiro atoms. The maximum absolute atomic E-state index is 13.4. The van der Waals surface area contributed by atoms with Crippen LogP contribution in [0.2, 0.25) is 0 Å². The van der Waals surface area contributed by atoms with Crippen molar-refractivity contribution in [3.8, 4) is 0 Å². The van der Waals surface area contributed by atoms with E-state index in [1.165, 1.54) is 6.07 Å². The molecule has 0 aliphatic carbocycles. The highest BCUT2D eigenvalue weighted by atomic mass is 19.4. The lowest BCUT2D eigenvalue weighted by Crippen LogP contribution is -2.63. The topological polar surface area (TPSA) is 61.4 Å². The van der Waals surface area contributed by atoms with E-state index in [1.807, 2.05) is 26.8 Å². The van der Waals surface area contributed by atoms with Crippen LogP contribution in [0.4, 0.5) is 24.5 Å². The van der Waals surface area contributed by atoms with Gasteiger partial charge in [0.15, 0.2) is 0 Å². The minimum absolute atomic E-state index is 0.0931. The summed E-state index contributed by atoms with van der Waals surface area (Å²) >= 11 is 0. The molecule has 2 amide bonds. The molecule has 1 atom stereocenters. The molecule has 2 N–H and O–H groups in total. The van der Waals surface area contributed by atoms with Crippen LogP contribution in [0, 0.1) is 0 Å². The van der Waals surface area contributed by atoms with Gasteiger partial charge in [0.1, 0.15) is 6.54 Å². The standard InChI is InChI=1S/C21H20F3N3O2/c1-19(2,3)12-8-9-16-14(10-12)21(18(29)25-16)26-15-7-5-4-6-13(15)17(28)27(21)11-20(22,23)24/h4-10,26H,11H2,1-3H3,(H,25,29)/t21-/m0/s1. The second-order valence-corrected chi connectivity index (χ2v) is 8.35. The fourth-order valence-electron chi connectivity index (χ4n) is 3.85. The third-order valence-corrected chi connectivity index (χ3v) is 5.31. The Bertz CT molecular complexity index is 1030. The van der Waals surface area contributed by atoms with Gasteiger partial charge >= 0.3 is 6.18 Å². The normalized spacial score (nSPS) is 21.0. The number of hydrogen-bond donors (Lipinski definition) is 2. The van der Waals surface area contributed by atoms with E-state index < -0.39 is 30.2 Å². The number of hydrogen-bond acceptors (Lipinski definition) is 3. The van der Waals surface area contributed by atoms with Crippen molar-refractivity contribution in [2.75, 3.05) is 17.2 Å². The van der Waals surface area contributed by atoms with Crippen LogP contribution in [0.25, 0.3) is 0 Å². The highest BCUT2D eigenvalue weighted by Gasteiger charge is 2.58. The van der Waals surface area contributed by atoms with Gasteiger partial charge in [0.05, 0.1) is 5.56 Å². The Hall–Kier alpha value is -3.03. The molecule has 0 saturated heterocycles. The number of benzene rings is 2. The number of nitrogens with zero attached hydrogens (tertiary/aromatic N) is 1. The number of anilines is 2. The molecule has 152 valence electrons. The number of carbonyl (C=O) groups excluding carboxylic acids is 2. The highest BCUT2D eigenvalue weighted by molar-refractivity contribution is 6.14. The van der Waals surface area contributed by atoms with E-state index in [1.54, 1.807) is 30.3 Å². The van der Waals surface area contributed by atoms with E-state index in [9.17, 15) is 22.8 Å². The predicted octanol–water partition coefficient (Wildman–Crippen LogP) is 4.22. The first kappa shape index (κ1) is 19.3. The number of carbonyl (C=O) groups is 2. The maximum Gasteiger partial charge on any atom is 0.406 e. The van der Waals surface area contributed by atoms with Gasteiger partial charge in [0.2, 0.25) is 5.66 Å². The van der Waals surface area contributed by atoms with Crippen LogP contribution in [0.15, 0.2) is 42.5 Å². The van der Waals surface area contributed by atoms with Crippen molar-refractivity contribution in [2.45, 2.75) is 38.0 Å². The van der Waals surface area contributed by atoms with Gasteiger partial charge in [-0.05, 0) is 35.2 Å². The molecule has 2 aliphatic rings. The van der Waals surface area contributed by atoms with Crippen LogP contribution in [0.5, 0.6) is 0 Å². The lowest BCUT2D eigenvalue weighted by molar-refractivity contribution is -0.155. The van der Waals surface area contributed by atoms with Crippen LogP contribution >= 0.6 is 0 Å². The molecule has 0 unspecified atom stereocenters. The summed E-state index contributed by atoms with van der Waals surface area (Å²) in [6.07, 6.45) is -4.68. The Balaban J connectivity index is 1.97. The first-order chi connectivity index (χ1) is 13.4. The molecule has 0 fully saturated rings. The van der Waals surface area contributed by atoms with Gasteiger partial charge in [0.25, 0.3) is 11.8 Å². The van der Waals surface area contributed by atoms with Gasteiger partial charge in [-0.2, -0.15) is 13.2 Å². The number of rotatable bonds is 1. The molecule has 2 aromatic rings. The largest absolute Gasteiger partial charge is 0.406 e. The van der Waals surface area contributed by atoms with Gasteiger partial charge in [-0.1, -0.05) is 39.0 Å². The van der Waals surface area contributed by atoms with Crippen LogP contribution < -0.4 is 10.6 Å². The number of halogens is 3. The van der Waals surface area contributed by atoms with Crippen LogP contribution in [0.1, 0.15) is 42.3 Å². The highest BCUT2D eigenvalue weighted by Crippen LogP contribution is 2.47. The molecule has 2 aromatic carbocycles. The van der Waals surface area contributed by atoms with Crippen molar-refractivity contribution in [1.82, 2.24) is 4.90 Å². The zero-order valence-corrected chi connectivity index (χ0v) is 16.1. The molecule has 29 heavy (non-hydrogen) atoms. The summed E-state index contributed by atoms with van der Waals surface area (Å²) in [5.74, 6) is -1.56. The lowest BCUT2D eigenvalue weighted by Gasteiger charge is -2.45. The number of para-hydroxylation sites is 1.